The molecule has 148 valence electrons. The zero-order chi connectivity index (χ0) is 20.0. The minimum absolute atomic E-state index is 0.0351. The van der Waals surface area contributed by atoms with Crippen molar-refractivity contribution in [1.82, 2.24) is 24.1 Å². The van der Waals surface area contributed by atoms with E-state index in [9.17, 15) is 4.79 Å². The minimum atomic E-state index is -0.0351. The van der Waals surface area contributed by atoms with E-state index in [0.717, 1.165) is 24.8 Å². The highest BCUT2D eigenvalue weighted by molar-refractivity contribution is 5.94. The van der Waals surface area contributed by atoms with Crippen molar-refractivity contribution in [1.29, 1.82) is 0 Å². The first-order valence-electron chi connectivity index (χ1n) is 10.1. The molecule has 1 aliphatic carbocycles. The first kappa shape index (κ1) is 17.8. The maximum absolute atomic E-state index is 13.8. The van der Waals surface area contributed by atoms with Gasteiger partial charge in [-0.3, -0.25) is 4.79 Å². The maximum atomic E-state index is 13.8. The van der Waals surface area contributed by atoms with Crippen molar-refractivity contribution in [3.63, 3.8) is 0 Å². The Hall–Kier alpha value is -3.22. The fourth-order valence-corrected chi connectivity index (χ4v) is 4.60. The van der Waals surface area contributed by atoms with Gasteiger partial charge in [0.15, 0.2) is 0 Å². The highest BCUT2D eigenvalue weighted by Gasteiger charge is 2.26. The lowest BCUT2D eigenvalue weighted by atomic mass is 9.85. The van der Waals surface area contributed by atoms with Crippen LogP contribution in [-0.2, 0) is 0 Å². The summed E-state index contributed by atoms with van der Waals surface area (Å²) < 4.78 is 9.12. The number of fused-ring (bicyclic) bond motifs is 2. The van der Waals surface area contributed by atoms with E-state index in [2.05, 4.69) is 22.0 Å². The Morgan fingerprint density at radius 2 is 1.97 bits per heavy atom. The van der Waals surface area contributed by atoms with E-state index in [1.54, 1.807) is 11.6 Å². The van der Waals surface area contributed by atoms with Gasteiger partial charge in [0.25, 0.3) is 11.3 Å². The van der Waals surface area contributed by atoms with Crippen molar-refractivity contribution in [2.45, 2.75) is 38.6 Å². The summed E-state index contributed by atoms with van der Waals surface area (Å²) >= 11 is 0. The largest absolute Gasteiger partial charge is 0.496 e. The van der Waals surface area contributed by atoms with Crippen molar-refractivity contribution >= 4 is 16.7 Å². The molecule has 29 heavy (non-hydrogen) atoms. The third-order valence-electron chi connectivity index (χ3n) is 6.08. The fraction of sp³-hybridized carbons (Fsp3) is 0.364. The smallest absolute Gasteiger partial charge is 0.262 e. The fourth-order valence-electron chi connectivity index (χ4n) is 4.60. The number of hydrogen-bond donors (Lipinski definition) is 0. The number of nitrogens with zero attached hydrogens (tertiary/aromatic N) is 5. The molecule has 1 aromatic carbocycles. The predicted octanol–water partition coefficient (Wildman–Crippen LogP) is 3.87. The van der Waals surface area contributed by atoms with Crippen molar-refractivity contribution in [2.75, 3.05) is 7.11 Å². The molecule has 0 N–H and O–H groups in total. The number of methoxy groups -OCH3 is 1. The molecule has 1 fully saturated rings. The molecule has 3 aromatic heterocycles. The van der Waals surface area contributed by atoms with E-state index in [4.69, 9.17) is 4.74 Å². The molecule has 0 unspecified atom stereocenters. The van der Waals surface area contributed by atoms with Crippen LogP contribution < -0.4 is 10.3 Å². The maximum Gasteiger partial charge on any atom is 0.262 e. The summed E-state index contributed by atoms with van der Waals surface area (Å²) in [7, 11) is 1.63. The molecule has 3 heterocycles. The summed E-state index contributed by atoms with van der Waals surface area (Å²) in [5.74, 6) is 1.61. The topological polar surface area (TPSA) is 74.3 Å². The summed E-state index contributed by atoms with van der Waals surface area (Å²) in [5, 5.41) is 4.91. The second-order valence-electron chi connectivity index (χ2n) is 7.75. The quantitative estimate of drug-likeness (QED) is 0.532. The number of hydrogen-bond acceptors (Lipinski definition) is 5. The third-order valence-corrected chi connectivity index (χ3v) is 6.08. The number of para-hydroxylation sites is 1. The highest BCUT2D eigenvalue weighted by Crippen LogP contribution is 2.35. The average Bonchev–Trinajstić information content (AvgIpc) is 3.21. The number of ether oxygens (including phenoxy) is 1. The molecule has 2 atom stereocenters. The predicted molar refractivity (Wildman–Crippen MR) is 111 cm³/mol. The molecule has 1 aliphatic rings. The Labute approximate surface area is 168 Å². The van der Waals surface area contributed by atoms with Crippen LogP contribution in [-0.4, -0.2) is 31.3 Å². The Morgan fingerprint density at radius 1 is 1.14 bits per heavy atom. The van der Waals surface area contributed by atoms with Crippen LogP contribution >= 0.6 is 0 Å². The van der Waals surface area contributed by atoms with Crippen molar-refractivity contribution < 1.29 is 4.74 Å². The van der Waals surface area contributed by atoms with Crippen LogP contribution in [0.25, 0.3) is 27.9 Å². The summed E-state index contributed by atoms with van der Waals surface area (Å²) in [4.78, 5) is 22.6. The lowest BCUT2D eigenvalue weighted by Crippen LogP contribution is -2.31. The van der Waals surface area contributed by atoms with E-state index in [1.165, 1.54) is 12.7 Å². The second-order valence-corrected chi connectivity index (χ2v) is 7.75. The van der Waals surface area contributed by atoms with Gasteiger partial charge in [-0.1, -0.05) is 31.9 Å². The number of pyridine rings is 1. The van der Waals surface area contributed by atoms with E-state index < -0.39 is 0 Å². The van der Waals surface area contributed by atoms with Gasteiger partial charge in [0.2, 0.25) is 0 Å². The van der Waals surface area contributed by atoms with E-state index in [-0.39, 0.29) is 11.6 Å². The van der Waals surface area contributed by atoms with Gasteiger partial charge >= 0.3 is 0 Å². The lowest BCUT2D eigenvalue weighted by molar-refractivity contribution is 0.253. The van der Waals surface area contributed by atoms with Gasteiger partial charge in [-0.2, -0.15) is 14.6 Å². The minimum Gasteiger partial charge on any atom is -0.496 e. The van der Waals surface area contributed by atoms with Crippen LogP contribution in [0.2, 0.25) is 0 Å². The second kappa shape index (κ2) is 6.99. The van der Waals surface area contributed by atoms with Crippen LogP contribution in [0.1, 0.15) is 38.6 Å². The van der Waals surface area contributed by atoms with E-state index >= 15 is 0 Å². The molecule has 5 rings (SSSR count). The summed E-state index contributed by atoms with van der Waals surface area (Å²) in [6.07, 6.45) is 7.90. The Balaban J connectivity index is 1.87. The summed E-state index contributed by atoms with van der Waals surface area (Å²) in [5.41, 5.74) is 2.05. The zero-order valence-corrected chi connectivity index (χ0v) is 16.6. The Kier molecular flexibility index (Phi) is 4.30. The van der Waals surface area contributed by atoms with Crippen molar-refractivity contribution in [3.05, 3.63) is 53.2 Å². The van der Waals surface area contributed by atoms with Gasteiger partial charge in [-0.15, -0.1) is 0 Å². The van der Waals surface area contributed by atoms with Crippen LogP contribution in [0, 0.1) is 5.92 Å². The molecule has 4 aromatic rings. The van der Waals surface area contributed by atoms with Gasteiger partial charge < -0.3 is 9.30 Å². The van der Waals surface area contributed by atoms with Gasteiger partial charge in [0.1, 0.15) is 12.1 Å². The summed E-state index contributed by atoms with van der Waals surface area (Å²) in [6.45, 7) is 2.24. The van der Waals surface area contributed by atoms with E-state index in [0.29, 0.717) is 34.0 Å². The molecule has 0 bridgehead atoms. The molecule has 0 aliphatic heterocycles. The van der Waals surface area contributed by atoms with Gasteiger partial charge in [0, 0.05) is 17.8 Å². The standard InChI is InChI=1S/C22H23N5O2/c1-14-7-3-5-9-17(14)26-12-11-16-19(21(26)28)20(27-22(25-16)23-13-24-27)15-8-4-6-10-18(15)29-2/h4,6,8,10-14,17H,3,5,7,9H2,1-2H3/t14-,17-/m0/s1. The SMILES string of the molecule is COc1ccccc1-c1c2c(=O)n([C@H]3CCCC[C@@H]3C)ccc2nc2ncnn12. The van der Waals surface area contributed by atoms with Crippen molar-refractivity contribution in [2.24, 2.45) is 5.92 Å². The molecule has 0 radical (unpaired) electrons. The molecule has 7 nitrogen and oxygen atoms in total. The van der Waals surface area contributed by atoms with Gasteiger partial charge in [-0.25, -0.2) is 4.98 Å². The zero-order valence-electron chi connectivity index (χ0n) is 16.6. The van der Waals surface area contributed by atoms with E-state index in [1.807, 2.05) is 41.1 Å². The monoisotopic (exact) mass is 389 g/mol. The van der Waals surface area contributed by atoms with Crippen LogP contribution in [0.5, 0.6) is 5.75 Å². The normalized spacial score (nSPS) is 19.7. The molecule has 0 amide bonds. The summed E-state index contributed by atoms with van der Waals surface area (Å²) in [6, 6.07) is 9.79. The average molecular weight is 389 g/mol. The number of benzene rings is 1. The first-order valence-corrected chi connectivity index (χ1v) is 10.1. The lowest BCUT2D eigenvalue weighted by Gasteiger charge is -2.30. The van der Waals surface area contributed by atoms with Crippen LogP contribution in [0.4, 0.5) is 0 Å². The van der Waals surface area contributed by atoms with Gasteiger partial charge in [0.05, 0.1) is 23.7 Å². The van der Waals surface area contributed by atoms with Crippen LogP contribution in [0.3, 0.4) is 0 Å². The highest BCUT2D eigenvalue weighted by atomic mass is 16.5. The third kappa shape index (κ3) is 2.80. The number of rotatable bonds is 3. The Bertz CT molecular complexity index is 1260. The molecule has 0 saturated heterocycles. The number of aromatic nitrogens is 5. The first-order chi connectivity index (χ1) is 14.2. The molecular weight excluding hydrogens is 366 g/mol. The molecule has 1 saturated carbocycles. The molecule has 7 heteroatoms. The van der Waals surface area contributed by atoms with Crippen molar-refractivity contribution in [3.8, 4) is 17.0 Å². The molecular formula is C22H23N5O2. The van der Waals surface area contributed by atoms with Gasteiger partial charge in [-0.05, 0) is 37.0 Å². The Morgan fingerprint density at radius 3 is 2.79 bits per heavy atom. The molecule has 0 spiro atoms. The van der Waals surface area contributed by atoms with Crippen LogP contribution in [0.15, 0.2) is 47.7 Å².